The number of benzene rings is 2. The van der Waals surface area contributed by atoms with Crippen molar-refractivity contribution >= 4 is 46.1 Å². The summed E-state index contributed by atoms with van der Waals surface area (Å²) in [5.41, 5.74) is 1.31. The molecule has 0 spiro atoms. The lowest BCUT2D eigenvalue weighted by Crippen LogP contribution is -2.10. The van der Waals surface area contributed by atoms with Gasteiger partial charge in [0.25, 0.3) is 5.91 Å². The Labute approximate surface area is 158 Å². The quantitative estimate of drug-likeness (QED) is 0.572. The Morgan fingerprint density at radius 2 is 2.00 bits per heavy atom. The van der Waals surface area contributed by atoms with E-state index in [9.17, 15) is 9.18 Å². The molecule has 3 nitrogen and oxygen atoms in total. The summed E-state index contributed by atoms with van der Waals surface area (Å²) < 4.78 is 18.6. The van der Waals surface area contributed by atoms with E-state index in [1.54, 1.807) is 36.4 Å². The van der Waals surface area contributed by atoms with Crippen LogP contribution in [0.1, 0.15) is 15.2 Å². The number of amides is 1. The smallest absolute Gasteiger partial charge is 0.265 e. The summed E-state index contributed by atoms with van der Waals surface area (Å²) in [6, 6.07) is 12.5. The highest BCUT2D eigenvalue weighted by molar-refractivity contribution is 7.12. The molecule has 0 aliphatic carbocycles. The maximum atomic E-state index is 13.1. The van der Waals surface area contributed by atoms with Gasteiger partial charge >= 0.3 is 0 Å². The van der Waals surface area contributed by atoms with Gasteiger partial charge in [-0.3, -0.25) is 4.79 Å². The standard InChI is InChI=1S/C18H12Cl2FNO2S/c19-12-4-5-16(15(20)7-12)22-18(23)17-6-11(10-25-17)9-24-14-3-1-2-13(21)8-14/h1-8,10H,9H2,(H,22,23). The van der Waals surface area contributed by atoms with Crippen LogP contribution < -0.4 is 10.1 Å². The summed E-state index contributed by atoms with van der Waals surface area (Å²) in [6.45, 7) is 0.245. The van der Waals surface area contributed by atoms with Gasteiger partial charge < -0.3 is 10.1 Å². The van der Waals surface area contributed by atoms with E-state index in [0.717, 1.165) is 5.56 Å². The van der Waals surface area contributed by atoms with Crippen LogP contribution in [-0.4, -0.2) is 5.91 Å². The minimum atomic E-state index is -0.359. The molecule has 0 radical (unpaired) electrons. The van der Waals surface area contributed by atoms with Crippen LogP contribution in [0.2, 0.25) is 10.0 Å². The van der Waals surface area contributed by atoms with Gasteiger partial charge in [0.15, 0.2) is 0 Å². The molecule has 0 fully saturated rings. The molecule has 3 rings (SSSR count). The normalized spacial score (nSPS) is 10.5. The molecule has 7 heteroatoms. The SMILES string of the molecule is O=C(Nc1ccc(Cl)cc1Cl)c1cc(COc2cccc(F)c2)cs1. The van der Waals surface area contributed by atoms with Crippen LogP contribution in [0.5, 0.6) is 5.75 Å². The Morgan fingerprint density at radius 1 is 1.16 bits per heavy atom. The number of thiophene rings is 1. The zero-order valence-electron chi connectivity index (χ0n) is 12.8. The topological polar surface area (TPSA) is 38.3 Å². The van der Waals surface area contributed by atoms with Crippen LogP contribution >= 0.6 is 34.5 Å². The molecule has 1 N–H and O–H groups in total. The number of anilines is 1. The highest BCUT2D eigenvalue weighted by atomic mass is 35.5. The van der Waals surface area contributed by atoms with Crippen molar-refractivity contribution in [3.63, 3.8) is 0 Å². The van der Waals surface area contributed by atoms with E-state index in [2.05, 4.69) is 5.32 Å². The fraction of sp³-hybridized carbons (Fsp3) is 0.0556. The Balaban J connectivity index is 1.63. The average molecular weight is 396 g/mol. The van der Waals surface area contributed by atoms with Gasteiger partial charge in [0.05, 0.1) is 15.6 Å². The monoisotopic (exact) mass is 395 g/mol. The molecule has 3 aromatic rings. The molecule has 128 valence electrons. The number of hydrogen-bond donors (Lipinski definition) is 1. The van der Waals surface area contributed by atoms with Gasteiger partial charge in [-0.05, 0) is 41.8 Å². The zero-order valence-corrected chi connectivity index (χ0v) is 15.1. The van der Waals surface area contributed by atoms with E-state index >= 15 is 0 Å². The highest BCUT2D eigenvalue weighted by Gasteiger charge is 2.12. The molecule has 1 heterocycles. The average Bonchev–Trinajstić information content (AvgIpc) is 3.05. The van der Waals surface area contributed by atoms with Crippen molar-refractivity contribution in [3.8, 4) is 5.75 Å². The number of rotatable bonds is 5. The van der Waals surface area contributed by atoms with E-state index < -0.39 is 0 Å². The predicted molar refractivity (Wildman–Crippen MR) is 99.5 cm³/mol. The van der Waals surface area contributed by atoms with Crippen LogP contribution in [0.4, 0.5) is 10.1 Å². The lowest BCUT2D eigenvalue weighted by Gasteiger charge is -2.06. The van der Waals surface area contributed by atoms with Gasteiger partial charge in [-0.15, -0.1) is 11.3 Å². The third kappa shape index (κ3) is 4.72. The lowest BCUT2D eigenvalue weighted by molar-refractivity contribution is 0.103. The van der Waals surface area contributed by atoms with E-state index in [4.69, 9.17) is 27.9 Å². The maximum absolute atomic E-state index is 13.1. The molecule has 0 unspecified atom stereocenters. The second-order valence-electron chi connectivity index (χ2n) is 5.14. The number of hydrogen-bond acceptors (Lipinski definition) is 3. The van der Waals surface area contributed by atoms with E-state index in [1.807, 2.05) is 5.38 Å². The van der Waals surface area contributed by atoms with Gasteiger partial charge in [0.1, 0.15) is 18.2 Å². The van der Waals surface area contributed by atoms with Gasteiger partial charge in [0, 0.05) is 16.7 Å². The number of ether oxygens (including phenoxy) is 1. The minimum Gasteiger partial charge on any atom is -0.489 e. The van der Waals surface area contributed by atoms with Crippen molar-refractivity contribution < 1.29 is 13.9 Å². The van der Waals surface area contributed by atoms with Crippen LogP contribution in [0, 0.1) is 5.82 Å². The zero-order chi connectivity index (χ0) is 17.8. The number of carbonyl (C=O) groups is 1. The molecular weight excluding hydrogens is 384 g/mol. The van der Waals surface area contributed by atoms with Gasteiger partial charge in [0.2, 0.25) is 0 Å². The second-order valence-corrected chi connectivity index (χ2v) is 6.90. The first-order chi connectivity index (χ1) is 12.0. The third-order valence-corrected chi connectivity index (χ3v) is 4.78. The molecule has 0 saturated heterocycles. The van der Waals surface area contributed by atoms with Crippen molar-refractivity contribution in [2.24, 2.45) is 0 Å². The van der Waals surface area contributed by atoms with Crippen molar-refractivity contribution in [2.45, 2.75) is 6.61 Å². The largest absolute Gasteiger partial charge is 0.489 e. The number of halogens is 3. The van der Waals surface area contributed by atoms with Gasteiger partial charge in [-0.25, -0.2) is 4.39 Å². The van der Waals surface area contributed by atoms with Crippen LogP contribution in [0.3, 0.4) is 0 Å². The van der Waals surface area contributed by atoms with Crippen LogP contribution in [0.15, 0.2) is 53.9 Å². The van der Waals surface area contributed by atoms with Crippen molar-refractivity contribution in [3.05, 3.63) is 80.2 Å². The lowest BCUT2D eigenvalue weighted by atomic mass is 10.3. The minimum absolute atomic E-state index is 0.245. The Morgan fingerprint density at radius 3 is 2.76 bits per heavy atom. The number of carbonyl (C=O) groups excluding carboxylic acids is 1. The summed E-state index contributed by atoms with van der Waals surface area (Å²) in [5.74, 6) is -0.195. The molecule has 0 bridgehead atoms. The molecule has 0 aliphatic rings. The number of nitrogens with one attached hydrogen (secondary N) is 1. The third-order valence-electron chi connectivity index (χ3n) is 3.26. The molecule has 25 heavy (non-hydrogen) atoms. The summed E-state index contributed by atoms with van der Waals surface area (Å²) in [6.07, 6.45) is 0. The fourth-order valence-corrected chi connectivity index (χ4v) is 3.32. The summed E-state index contributed by atoms with van der Waals surface area (Å²) >= 11 is 13.2. The Hall–Kier alpha value is -2.08. The first kappa shape index (κ1) is 17.7. The molecule has 0 saturated carbocycles. The molecule has 2 aromatic carbocycles. The molecule has 1 aromatic heterocycles. The molecule has 0 aliphatic heterocycles. The van der Waals surface area contributed by atoms with Crippen LogP contribution in [0.25, 0.3) is 0 Å². The van der Waals surface area contributed by atoms with Crippen molar-refractivity contribution in [1.29, 1.82) is 0 Å². The summed E-state index contributed by atoms with van der Waals surface area (Å²) in [4.78, 5) is 12.8. The molecule has 1 amide bonds. The van der Waals surface area contributed by atoms with Crippen molar-refractivity contribution in [1.82, 2.24) is 0 Å². The summed E-state index contributed by atoms with van der Waals surface area (Å²) in [5, 5.41) is 5.42. The van der Waals surface area contributed by atoms with Crippen molar-refractivity contribution in [2.75, 3.05) is 5.32 Å². The summed E-state index contributed by atoms with van der Waals surface area (Å²) in [7, 11) is 0. The van der Waals surface area contributed by atoms with E-state index in [1.165, 1.54) is 23.5 Å². The highest BCUT2D eigenvalue weighted by Crippen LogP contribution is 2.26. The van der Waals surface area contributed by atoms with Crippen LogP contribution in [-0.2, 0) is 6.61 Å². The second kappa shape index (κ2) is 7.87. The fourth-order valence-electron chi connectivity index (χ4n) is 2.07. The first-order valence-corrected chi connectivity index (χ1v) is 8.87. The van der Waals surface area contributed by atoms with Gasteiger partial charge in [-0.2, -0.15) is 0 Å². The first-order valence-electron chi connectivity index (χ1n) is 7.23. The predicted octanol–water partition coefficient (Wildman–Crippen LogP) is 6.03. The maximum Gasteiger partial charge on any atom is 0.265 e. The molecule has 0 atom stereocenters. The van der Waals surface area contributed by atoms with Gasteiger partial charge in [-0.1, -0.05) is 29.3 Å². The van der Waals surface area contributed by atoms with E-state index in [-0.39, 0.29) is 18.3 Å². The molecular formula is C18H12Cl2FNO2S. The Bertz CT molecular complexity index is 914. The van der Waals surface area contributed by atoms with E-state index in [0.29, 0.717) is 26.4 Å². The Kier molecular flexibility index (Phi) is 5.58.